The van der Waals surface area contributed by atoms with E-state index in [4.69, 9.17) is 4.98 Å². The number of para-hydroxylation sites is 2. The lowest BCUT2D eigenvalue weighted by atomic mass is 9.97. The van der Waals surface area contributed by atoms with E-state index < -0.39 is 61.7 Å². The van der Waals surface area contributed by atoms with Gasteiger partial charge in [-0.1, -0.05) is 24.3 Å². The number of carbonyl (C=O) groups is 4. The largest absolute Gasteiger partial charge is 0.355 e. The number of sulfone groups is 1. The third kappa shape index (κ3) is 11.4. The molecule has 4 heterocycles. The van der Waals surface area contributed by atoms with Gasteiger partial charge in [-0.2, -0.15) is 9.97 Å². The van der Waals surface area contributed by atoms with Crippen LogP contribution in [0.25, 0.3) is 22.5 Å². The molecular formula is C50H52F4N12O6S. The molecule has 6 amide bonds. The average molecular weight is 1030 g/mol. The van der Waals surface area contributed by atoms with E-state index in [9.17, 15) is 45.2 Å². The van der Waals surface area contributed by atoms with Crippen molar-refractivity contribution in [2.24, 2.45) is 0 Å². The SMILES string of the molecule is CNC(=O)c1ccc(C)c(-c2nc(NCCCNC(C)(C)C)nc3c2CNC(=O)N3c2c(F)cccc2F)c1.CNC(=O)c1ccc(C)c(-c2nc(S(C)(=O)=O)nc3c2CNC(=O)N3c2c(F)cccc2F)c1. The van der Waals surface area contributed by atoms with E-state index in [1.165, 1.54) is 19.2 Å². The van der Waals surface area contributed by atoms with Crippen LogP contribution in [0.5, 0.6) is 0 Å². The Morgan fingerprint density at radius 1 is 0.658 bits per heavy atom. The number of aromatic nitrogens is 4. The van der Waals surface area contributed by atoms with Gasteiger partial charge >= 0.3 is 12.1 Å². The second-order valence-corrected chi connectivity index (χ2v) is 19.8. The first-order valence-electron chi connectivity index (χ1n) is 22.7. The summed E-state index contributed by atoms with van der Waals surface area (Å²) in [4.78, 5) is 69.4. The molecule has 0 saturated carbocycles. The molecule has 23 heteroatoms. The summed E-state index contributed by atoms with van der Waals surface area (Å²) in [6.45, 7) is 11.0. The van der Waals surface area contributed by atoms with Crippen molar-refractivity contribution in [3.63, 3.8) is 0 Å². The molecule has 2 aromatic heterocycles. The minimum atomic E-state index is -4.00. The average Bonchev–Trinajstić information content (AvgIpc) is 3.33. The number of benzene rings is 4. The first-order chi connectivity index (χ1) is 34.5. The molecule has 0 bridgehead atoms. The maximum Gasteiger partial charge on any atom is 0.328 e. The van der Waals surface area contributed by atoms with Gasteiger partial charge in [0.15, 0.2) is 11.6 Å². The molecule has 8 rings (SSSR count). The summed E-state index contributed by atoms with van der Waals surface area (Å²) in [5.41, 5.74) is 3.19. The Bertz CT molecular complexity index is 3260. The van der Waals surface area contributed by atoms with E-state index in [2.05, 4.69) is 67.6 Å². The fourth-order valence-corrected chi connectivity index (χ4v) is 8.40. The van der Waals surface area contributed by atoms with Gasteiger partial charge in [0.05, 0.1) is 24.5 Å². The summed E-state index contributed by atoms with van der Waals surface area (Å²) in [5, 5.41) is 16.3. The van der Waals surface area contributed by atoms with E-state index >= 15 is 0 Å². The summed E-state index contributed by atoms with van der Waals surface area (Å²) in [6.07, 6.45) is 1.63. The molecule has 0 radical (unpaired) electrons. The fraction of sp³-hybridized carbons (Fsp3) is 0.280. The van der Waals surface area contributed by atoms with E-state index in [1.807, 2.05) is 6.92 Å². The van der Waals surface area contributed by atoms with Crippen molar-refractivity contribution in [1.82, 2.24) is 46.5 Å². The van der Waals surface area contributed by atoms with Gasteiger partial charge in [-0.05, 0) is 107 Å². The fourth-order valence-electron chi connectivity index (χ4n) is 7.89. The van der Waals surface area contributed by atoms with Gasteiger partial charge in [0.2, 0.25) is 20.9 Å². The number of rotatable bonds is 12. The van der Waals surface area contributed by atoms with Crippen LogP contribution in [-0.4, -0.2) is 91.2 Å². The van der Waals surface area contributed by atoms with Gasteiger partial charge in [0.1, 0.15) is 34.6 Å². The molecule has 382 valence electrons. The van der Waals surface area contributed by atoms with E-state index in [1.54, 1.807) is 44.3 Å². The monoisotopic (exact) mass is 1020 g/mol. The Hall–Kier alpha value is -8.05. The molecular weight excluding hydrogens is 973 g/mol. The maximum absolute atomic E-state index is 14.9. The third-order valence-electron chi connectivity index (χ3n) is 11.5. The van der Waals surface area contributed by atoms with E-state index in [-0.39, 0.29) is 64.8 Å². The molecule has 0 unspecified atom stereocenters. The zero-order valence-corrected chi connectivity index (χ0v) is 41.8. The lowest BCUT2D eigenvalue weighted by Crippen LogP contribution is -2.43. The topological polar surface area (TPSA) is 233 Å². The molecule has 4 aromatic carbocycles. The Balaban J connectivity index is 0.000000216. The summed E-state index contributed by atoms with van der Waals surface area (Å²) >= 11 is 0. The first-order valence-corrected chi connectivity index (χ1v) is 24.6. The highest BCUT2D eigenvalue weighted by Gasteiger charge is 2.37. The van der Waals surface area contributed by atoms with Gasteiger partial charge in [-0.15, -0.1) is 0 Å². The first kappa shape index (κ1) is 52.8. The molecule has 18 nitrogen and oxygen atoms in total. The Labute approximate surface area is 418 Å². The standard InChI is InChI=1S/C28H33F2N7O2.C22H19F2N5O4S/c1-16-10-11-17(25(38)31-5)14-18(16)22-19-15-33-27(39)37(23-20(29)8-6-9-21(23)30)24(19)36-26(35-22)32-12-7-13-34-28(2,3)4;1-11-7-8-12(20(30)25-2)9-13(11)17-14-10-26-22(31)29(18-15(23)5-4-6-16(18)24)19(14)28-21(27-17)34(3,32)33/h6,8-11,14,34H,7,12-13,15H2,1-5H3,(H,31,38)(H,33,39)(H,32,35,36);4-9H,10H2,1-3H3,(H,25,30)(H,26,31). The van der Waals surface area contributed by atoms with Crippen molar-refractivity contribution in [3.8, 4) is 22.5 Å². The smallest absolute Gasteiger partial charge is 0.328 e. The van der Waals surface area contributed by atoms with Crippen molar-refractivity contribution in [2.45, 2.75) is 64.8 Å². The van der Waals surface area contributed by atoms with Crippen LogP contribution in [0.1, 0.15) is 70.2 Å². The van der Waals surface area contributed by atoms with Crippen LogP contribution in [0.15, 0.2) is 78.0 Å². The summed E-state index contributed by atoms with van der Waals surface area (Å²) in [5.74, 6) is -4.55. The van der Waals surface area contributed by atoms with Crippen molar-refractivity contribution in [1.29, 1.82) is 0 Å². The predicted octanol–water partition coefficient (Wildman–Crippen LogP) is 7.50. The minimum Gasteiger partial charge on any atom is -0.355 e. The number of carbonyl (C=O) groups excluding carboxylic acids is 4. The molecule has 0 saturated heterocycles. The van der Waals surface area contributed by atoms with Crippen LogP contribution in [0.2, 0.25) is 0 Å². The van der Waals surface area contributed by atoms with Crippen LogP contribution < -0.4 is 41.7 Å². The molecule has 0 fully saturated rings. The van der Waals surface area contributed by atoms with Gasteiger partial charge < -0.3 is 31.9 Å². The highest BCUT2D eigenvalue weighted by molar-refractivity contribution is 7.90. The lowest BCUT2D eigenvalue weighted by molar-refractivity contribution is 0.0955. The van der Waals surface area contributed by atoms with Gasteiger partial charge in [-0.25, -0.2) is 55.3 Å². The number of halogens is 4. The highest BCUT2D eigenvalue weighted by Crippen LogP contribution is 2.41. The van der Waals surface area contributed by atoms with Gasteiger partial charge in [0.25, 0.3) is 11.8 Å². The number of fused-ring (bicyclic) bond motifs is 2. The number of urea groups is 2. The number of hydrogen-bond acceptors (Lipinski definition) is 12. The van der Waals surface area contributed by atoms with E-state index in [0.717, 1.165) is 60.0 Å². The van der Waals surface area contributed by atoms with Crippen molar-refractivity contribution < 1.29 is 45.2 Å². The van der Waals surface area contributed by atoms with Crippen molar-refractivity contribution >= 4 is 62.7 Å². The van der Waals surface area contributed by atoms with Crippen molar-refractivity contribution in [3.05, 3.63) is 129 Å². The zero-order valence-electron chi connectivity index (χ0n) is 41.0. The zero-order chi connectivity index (χ0) is 53.1. The number of nitrogens with zero attached hydrogens (tertiary/aromatic N) is 6. The Kier molecular flexibility index (Phi) is 15.4. The Morgan fingerprint density at radius 3 is 1.52 bits per heavy atom. The van der Waals surface area contributed by atoms with Gasteiger partial charge in [0, 0.05) is 65.8 Å². The van der Waals surface area contributed by atoms with Crippen LogP contribution >= 0.6 is 0 Å². The van der Waals surface area contributed by atoms with E-state index in [0.29, 0.717) is 45.0 Å². The van der Waals surface area contributed by atoms with Crippen LogP contribution in [0.4, 0.5) is 56.1 Å². The van der Waals surface area contributed by atoms with Crippen LogP contribution in [0, 0.1) is 37.1 Å². The minimum absolute atomic E-state index is 0.0273. The summed E-state index contributed by atoms with van der Waals surface area (Å²) in [6, 6.07) is 14.8. The molecule has 2 aliphatic rings. The number of hydrogen-bond donors (Lipinski definition) is 6. The quantitative estimate of drug-likeness (QED) is 0.0398. The van der Waals surface area contributed by atoms with Crippen LogP contribution in [0.3, 0.4) is 0 Å². The number of nitrogens with one attached hydrogen (secondary N) is 6. The van der Waals surface area contributed by atoms with Gasteiger partial charge in [-0.3, -0.25) is 9.59 Å². The second-order valence-electron chi connectivity index (χ2n) is 17.9. The Morgan fingerprint density at radius 2 is 1.10 bits per heavy atom. The highest BCUT2D eigenvalue weighted by atomic mass is 32.2. The molecule has 0 aliphatic carbocycles. The maximum atomic E-state index is 14.9. The molecule has 0 atom stereocenters. The molecule has 2 aliphatic heterocycles. The molecule has 0 spiro atoms. The molecule has 6 aromatic rings. The van der Waals surface area contributed by atoms with Crippen LogP contribution in [-0.2, 0) is 22.9 Å². The summed E-state index contributed by atoms with van der Waals surface area (Å²) < 4.78 is 83.9. The lowest BCUT2D eigenvalue weighted by Gasteiger charge is -2.31. The number of aryl methyl sites for hydroxylation is 2. The number of anilines is 5. The normalized spacial score (nSPS) is 13.2. The molecule has 6 N–H and O–H groups in total. The predicted molar refractivity (Wildman–Crippen MR) is 267 cm³/mol. The molecule has 73 heavy (non-hydrogen) atoms. The second kappa shape index (κ2) is 21.3. The van der Waals surface area contributed by atoms with Crippen molar-refractivity contribution in [2.75, 3.05) is 48.6 Å². The number of amides is 6. The third-order valence-corrected chi connectivity index (χ3v) is 12.4. The summed E-state index contributed by atoms with van der Waals surface area (Å²) in [7, 11) is -0.994.